The third-order valence-corrected chi connectivity index (χ3v) is 1.79. The number of rotatable bonds is 4. The Kier molecular flexibility index (Phi) is 5.35. The molecule has 0 fully saturated rings. The average Bonchev–Trinajstić information content (AvgIpc) is 2.16. The van der Waals surface area contributed by atoms with E-state index in [0.29, 0.717) is 6.61 Å². The van der Waals surface area contributed by atoms with Gasteiger partial charge in [0, 0.05) is 0 Å². The van der Waals surface area contributed by atoms with Gasteiger partial charge >= 0.3 is 9.95 Å². The third kappa shape index (κ3) is 6.18. The van der Waals surface area contributed by atoms with Crippen LogP contribution in [0.4, 0.5) is 0 Å². The lowest BCUT2D eigenvalue weighted by atomic mass is 10.2. The number of ether oxygens (including phenoxy) is 2. The average molecular weight is 284 g/mol. The maximum absolute atomic E-state index is 11.0. The molecule has 16 heavy (non-hydrogen) atoms. The first-order chi connectivity index (χ1) is 7.47. The molecule has 0 amide bonds. The molecule has 0 aliphatic carbocycles. The summed E-state index contributed by atoms with van der Waals surface area (Å²) < 4.78 is 7.45. The van der Waals surface area contributed by atoms with E-state index in [0.717, 1.165) is 5.56 Å². The molecule has 0 atom stereocenters. The number of benzene rings is 1. The van der Waals surface area contributed by atoms with E-state index in [-0.39, 0.29) is 6.61 Å². The van der Waals surface area contributed by atoms with E-state index < -0.39 is 9.95 Å². The second-order valence-corrected chi connectivity index (χ2v) is 5.08. The van der Waals surface area contributed by atoms with Gasteiger partial charge in [-0.2, -0.15) is 0 Å². The van der Waals surface area contributed by atoms with Gasteiger partial charge < -0.3 is 9.47 Å². The van der Waals surface area contributed by atoms with Crippen molar-refractivity contribution in [2.24, 2.45) is 0 Å². The molecule has 0 aliphatic heterocycles. The van der Waals surface area contributed by atoms with Crippen molar-refractivity contribution in [3.05, 3.63) is 35.9 Å². The molecule has 1 aromatic rings. The van der Waals surface area contributed by atoms with Crippen LogP contribution in [-0.2, 0) is 20.9 Å². The number of alkyl halides is 3. The van der Waals surface area contributed by atoms with Crippen LogP contribution >= 0.6 is 34.8 Å². The Balaban J connectivity index is 2.24. The largest absolute Gasteiger partial charge is 0.413 e. The van der Waals surface area contributed by atoms with Crippen molar-refractivity contribution >= 4 is 40.8 Å². The summed E-state index contributed by atoms with van der Waals surface area (Å²) in [4.78, 5) is 11.0. The van der Waals surface area contributed by atoms with Crippen LogP contribution in [0.1, 0.15) is 5.56 Å². The highest BCUT2D eigenvalue weighted by Crippen LogP contribution is 2.27. The second-order valence-electron chi connectivity index (χ2n) is 2.90. The minimum atomic E-state index is -2.03. The lowest BCUT2D eigenvalue weighted by Gasteiger charge is -2.11. The predicted octanol–water partition coefficient (Wildman–Crippen LogP) is 3.07. The van der Waals surface area contributed by atoms with Gasteiger partial charge in [0.15, 0.2) is 0 Å². The normalized spacial score (nSPS) is 11.2. The lowest BCUT2D eigenvalue weighted by molar-refractivity contribution is -0.150. The first-order valence-corrected chi connectivity index (χ1v) is 5.51. The molecule has 6 heteroatoms. The van der Waals surface area contributed by atoms with Crippen LogP contribution in [0, 0.1) is 0 Å². The van der Waals surface area contributed by atoms with Crippen LogP contribution in [0.3, 0.4) is 0 Å². The van der Waals surface area contributed by atoms with Crippen LogP contribution in [0.5, 0.6) is 0 Å². The summed E-state index contributed by atoms with van der Waals surface area (Å²) in [7, 11) is 0. The van der Waals surface area contributed by atoms with Gasteiger partial charge in [-0.3, -0.25) is 0 Å². The first-order valence-electron chi connectivity index (χ1n) is 4.37. The third-order valence-electron chi connectivity index (χ3n) is 1.56. The molecule has 3 nitrogen and oxygen atoms in total. The fourth-order valence-corrected chi connectivity index (χ4v) is 1.24. The summed E-state index contributed by atoms with van der Waals surface area (Å²) in [6.07, 6.45) is 0. The number of hydrogen-bond acceptors (Lipinski definition) is 3. The number of esters is 1. The number of carbonyl (C=O) groups is 1. The summed E-state index contributed by atoms with van der Waals surface area (Å²) in [5, 5.41) is 0. The Morgan fingerprint density at radius 3 is 2.38 bits per heavy atom. The second kappa shape index (κ2) is 6.30. The zero-order valence-electron chi connectivity index (χ0n) is 8.16. The van der Waals surface area contributed by atoms with Crippen molar-refractivity contribution in [2.75, 3.05) is 6.61 Å². The van der Waals surface area contributed by atoms with Crippen LogP contribution in [0.15, 0.2) is 30.3 Å². The van der Waals surface area contributed by atoms with Crippen molar-refractivity contribution in [1.29, 1.82) is 0 Å². The molecule has 0 aromatic heterocycles. The number of halogens is 3. The first kappa shape index (κ1) is 13.6. The zero-order chi connectivity index (χ0) is 12.0. The molecule has 0 radical (unpaired) electrons. The molecule has 88 valence electrons. The van der Waals surface area contributed by atoms with Gasteiger partial charge in [-0.15, -0.1) is 0 Å². The van der Waals surface area contributed by atoms with Crippen LogP contribution in [0.2, 0.25) is 0 Å². The topological polar surface area (TPSA) is 35.5 Å². The summed E-state index contributed by atoms with van der Waals surface area (Å²) in [6, 6.07) is 9.39. The van der Waals surface area contributed by atoms with E-state index in [4.69, 9.17) is 39.5 Å². The van der Waals surface area contributed by atoms with E-state index >= 15 is 0 Å². The van der Waals surface area contributed by atoms with Crippen molar-refractivity contribution < 1.29 is 14.3 Å². The van der Waals surface area contributed by atoms with Crippen molar-refractivity contribution in [3.8, 4) is 0 Å². The van der Waals surface area contributed by atoms with Gasteiger partial charge in [0.05, 0.1) is 6.61 Å². The van der Waals surface area contributed by atoms with E-state index in [1.165, 1.54) is 0 Å². The Labute approximate surface area is 108 Å². The lowest BCUT2D eigenvalue weighted by Crippen LogP contribution is -2.20. The molecule has 0 N–H and O–H groups in total. The molecule has 1 aromatic carbocycles. The van der Waals surface area contributed by atoms with Crippen LogP contribution < -0.4 is 0 Å². The Morgan fingerprint density at radius 1 is 1.19 bits per heavy atom. The SMILES string of the molecule is O=C(COCc1ccccc1)OC(Cl)(Cl)Cl. The van der Waals surface area contributed by atoms with E-state index in [1.54, 1.807) is 0 Å². The summed E-state index contributed by atoms with van der Waals surface area (Å²) in [5.41, 5.74) is 0.948. The Bertz CT molecular complexity index is 335. The van der Waals surface area contributed by atoms with Crippen molar-refractivity contribution in [1.82, 2.24) is 0 Å². The molecule has 0 saturated carbocycles. The summed E-state index contributed by atoms with van der Waals surface area (Å²) >= 11 is 15.8. The summed E-state index contributed by atoms with van der Waals surface area (Å²) in [5.74, 6) is -0.726. The molecule has 0 aliphatic rings. The molecular weight excluding hydrogens is 274 g/mol. The van der Waals surface area contributed by atoms with Gasteiger partial charge in [0.25, 0.3) is 0 Å². The van der Waals surface area contributed by atoms with Gasteiger partial charge in [-0.05, 0) is 40.4 Å². The summed E-state index contributed by atoms with van der Waals surface area (Å²) in [6.45, 7) is 0.0403. The van der Waals surface area contributed by atoms with Gasteiger partial charge in [-0.1, -0.05) is 30.3 Å². The maximum atomic E-state index is 11.0. The van der Waals surface area contributed by atoms with Gasteiger partial charge in [0.1, 0.15) is 6.61 Å². The molecule has 0 bridgehead atoms. The number of carbonyl (C=O) groups excluding carboxylic acids is 1. The van der Waals surface area contributed by atoms with Crippen molar-refractivity contribution in [2.45, 2.75) is 10.6 Å². The van der Waals surface area contributed by atoms with Crippen LogP contribution in [0.25, 0.3) is 0 Å². The minimum absolute atomic E-state index is 0.261. The van der Waals surface area contributed by atoms with E-state index in [2.05, 4.69) is 4.74 Å². The quantitative estimate of drug-likeness (QED) is 0.629. The fourth-order valence-electron chi connectivity index (χ4n) is 0.985. The van der Waals surface area contributed by atoms with Gasteiger partial charge in [0.2, 0.25) is 0 Å². The molecule has 0 heterocycles. The maximum Gasteiger partial charge on any atom is 0.340 e. The molecule has 0 spiro atoms. The molecule has 0 saturated heterocycles. The fraction of sp³-hybridized carbons (Fsp3) is 0.300. The molecular formula is C10H9Cl3O3. The predicted molar refractivity (Wildman–Crippen MR) is 62.5 cm³/mol. The van der Waals surface area contributed by atoms with Crippen LogP contribution in [-0.4, -0.2) is 16.6 Å². The Morgan fingerprint density at radius 2 is 1.81 bits per heavy atom. The smallest absolute Gasteiger partial charge is 0.340 e. The standard InChI is InChI=1S/C10H9Cl3O3/c11-10(12,13)16-9(14)7-15-6-8-4-2-1-3-5-8/h1-5H,6-7H2. The van der Waals surface area contributed by atoms with E-state index in [9.17, 15) is 4.79 Å². The highest BCUT2D eigenvalue weighted by Gasteiger charge is 2.24. The van der Waals surface area contributed by atoms with Crippen molar-refractivity contribution in [3.63, 3.8) is 0 Å². The highest BCUT2D eigenvalue weighted by atomic mass is 35.6. The monoisotopic (exact) mass is 282 g/mol. The molecule has 0 unspecified atom stereocenters. The minimum Gasteiger partial charge on any atom is -0.413 e. The number of hydrogen-bond donors (Lipinski definition) is 0. The molecule has 1 rings (SSSR count). The Hall–Kier alpha value is -0.480. The van der Waals surface area contributed by atoms with Gasteiger partial charge in [-0.25, -0.2) is 4.79 Å². The zero-order valence-corrected chi connectivity index (χ0v) is 10.4. The van der Waals surface area contributed by atoms with E-state index in [1.807, 2.05) is 30.3 Å². The highest BCUT2D eigenvalue weighted by molar-refractivity contribution is 6.66.